The molecular weight excluding hydrogens is 571 g/mol. The molecule has 0 aliphatic carbocycles. The standard InChI is InChI=1S/C22H25N7O5S4/c1-29(4-2-3-5-29)6-12-9-38-22(24-12)37-8-11-7-35-19-15(18(31)28(19)16(11)20(32)33)26-17(30)14(27-34)13-10-36-21(23)25-13/h9-10,15,19H,2-8H2,1H3,(H4-,23,25,26,30,32,33,34)/t15-,19?/m1/s1. The molecule has 4 N–H and O–H groups in total. The first kappa shape index (κ1) is 26.9. The van der Waals surface area contributed by atoms with Crippen LogP contribution in [0.25, 0.3) is 0 Å². The number of nitrogens with two attached hydrogens (primary N) is 1. The topological polar surface area (TPSA) is 174 Å². The number of carboxylic acids is 1. The molecule has 3 aliphatic heterocycles. The van der Waals surface area contributed by atoms with Crippen molar-refractivity contribution in [3.8, 4) is 0 Å². The van der Waals surface area contributed by atoms with E-state index >= 15 is 0 Å². The summed E-state index contributed by atoms with van der Waals surface area (Å²) in [6, 6.07) is -0.986. The number of nitrogen functional groups attached to an aromatic ring is 1. The van der Waals surface area contributed by atoms with Crippen molar-refractivity contribution in [3.63, 3.8) is 0 Å². The van der Waals surface area contributed by atoms with E-state index in [1.807, 2.05) is 0 Å². The van der Waals surface area contributed by atoms with E-state index in [9.17, 15) is 24.7 Å². The zero-order valence-electron chi connectivity index (χ0n) is 20.3. The van der Waals surface area contributed by atoms with Crippen molar-refractivity contribution in [1.82, 2.24) is 20.2 Å². The summed E-state index contributed by atoms with van der Waals surface area (Å²) in [6.45, 7) is 3.19. The summed E-state index contributed by atoms with van der Waals surface area (Å²) in [5.41, 5.74) is 6.71. The maximum absolute atomic E-state index is 12.9. The van der Waals surface area contributed by atoms with E-state index in [-0.39, 0.29) is 22.2 Å². The van der Waals surface area contributed by atoms with E-state index in [4.69, 9.17) is 10.7 Å². The highest BCUT2D eigenvalue weighted by Crippen LogP contribution is 2.41. The second-order valence-electron chi connectivity index (χ2n) is 9.45. The number of oxime groups is 1. The molecule has 2 atom stereocenters. The molecule has 1 unspecified atom stereocenters. The Balaban J connectivity index is 1.24. The number of carboxylic acid groups (broad SMARTS) is 1. The molecule has 5 rings (SSSR count). The van der Waals surface area contributed by atoms with Gasteiger partial charge in [0.05, 0.1) is 31.8 Å². The number of carbonyl (C=O) groups is 3. The molecule has 0 saturated carbocycles. The number of rotatable bonds is 9. The van der Waals surface area contributed by atoms with Gasteiger partial charge in [-0.25, -0.2) is 9.97 Å². The van der Waals surface area contributed by atoms with Crippen LogP contribution in [0.4, 0.5) is 5.13 Å². The first-order valence-corrected chi connectivity index (χ1v) is 15.5. The van der Waals surface area contributed by atoms with E-state index in [0.29, 0.717) is 17.1 Å². The van der Waals surface area contributed by atoms with Crippen molar-refractivity contribution >= 4 is 74.8 Å². The lowest BCUT2D eigenvalue weighted by molar-refractivity contribution is -0.911. The van der Waals surface area contributed by atoms with Gasteiger partial charge >= 0.3 is 0 Å². The zero-order valence-corrected chi connectivity index (χ0v) is 23.6. The van der Waals surface area contributed by atoms with Crippen molar-refractivity contribution < 1.29 is 29.2 Å². The number of anilines is 1. The Hall–Kier alpha value is -2.66. The van der Waals surface area contributed by atoms with Crippen LogP contribution in [0.3, 0.4) is 0 Å². The Kier molecular flexibility index (Phi) is 7.68. The second-order valence-corrected chi connectivity index (χ2v) is 13.5. The van der Waals surface area contributed by atoms with Crippen LogP contribution in [0.15, 0.2) is 31.5 Å². The minimum Gasteiger partial charge on any atom is -0.543 e. The third-order valence-electron chi connectivity index (χ3n) is 6.70. The van der Waals surface area contributed by atoms with Gasteiger partial charge in [-0.05, 0) is 5.57 Å². The lowest BCUT2D eigenvalue weighted by Gasteiger charge is -2.50. The quantitative estimate of drug-likeness (QED) is 0.0913. The number of aromatic nitrogens is 2. The van der Waals surface area contributed by atoms with Crippen molar-refractivity contribution in [1.29, 1.82) is 0 Å². The third kappa shape index (κ3) is 5.27. The Bertz CT molecular complexity index is 1330. The molecule has 2 aromatic heterocycles. The van der Waals surface area contributed by atoms with Gasteiger partial charge in [-0.15, -0.1) is 34.4 Å². The lowest BCUT2D eigenvalue weighted by Crippen LogP contribution is -2.71. The molecule has 12 nitrogen and oxygen atoms in total. The highest BCUT2D eigenvalue weighted by Gasteiger charge is 2.53. The van der Waals surface area contributed by atoms with Crippen LogP contribution in [-0.2, 0) is 20.9 Å². The maximum Gasteiger partial charge on any atom is 0.276 e. The Labute approximate surface area is 234 Å². The van der Waals surface area contributed by atoms with Gasteiger partial charge in [-0.3, -0.25) is 14.5 Å². The summed E-state index contributed by atoms with van der Waals surface area (Å²) in [6.07, 6.45) is 2.47. The van der Waals surface area contributed by atoms with E-state index in [1.165, 1.54) is 53.1 Å². The molecule has 2 fully saturated rings. The van der Waals surface area contributed by atoms with Crippen molar-refractivity contribution in [2.75, 3.05) is 37.4 Å². The number of hydrogen-bond acceptors (Lipinski definition) is 13. The molecule has 0 spiro atoms. The van der Waals surface area contributed by atoms with E-state index in [2.05, 4.69) is 27.9 Å². The van der Waals surface area contributed by atoms with Gasteiger partial charge in [0.2, 0.25) is 0 Å². The summed E-state index contributed by atoms with van der Waals surface area (Å²) < 4.78 is 1.84. The number of hydrogen-bond donors (Lipinski definition) is 3. The molecule has 5 heterocycles. The molecule has 0 bridgehead atoms. The van der Waals surface area contributed by atoms with Crippen LogP contribution in [0, 0.1) is 0 Å². The van der Waals surface area contributed by atoms with Crippen molar-refractivity contribution in [2.45, 2.75) is 35.1 Å². The summed E-state index contributed by atoms with van der Waals surface area (Å²) in [5.74, 6) is -2.12. The maximum atomic E-state index is 12.9. The average molecular weight is 596 g/mol. The van der Waals surface area contributed by atoms with E-state index in [0.717, 1.165) is 50.4 Å². The molecule has 202 valence electrons. The highest BCUT2D eigenvalue weighted by molar-refractivity contribution is 8.01. The largest absolute Gasteiger partial charge is 0.543 e. The number of nitrogens with one attached hydrogen (secondary N) is 1. The van der Waals surface area contributed by atoms with Crippen LogP contribution < -0.4 is 16.2 Å². The van der Waals surface area contributed by atoms with E-state index < -0.39 is 29.2 Å². The number of nitrogens with zero attached hydrogens (tertiary/aromatic N) is 5. The first-order chi connectivity index (χ1) is 18.2. The summed E-state index contributed by atoms with van der Waals surface area (Å²) in [7, 11) is 2.25. The van der Waals surface area contributed by atoms with Crippen LogP contribution in [-0.4, -0.2) is 91.1 Å². The molecule has 2 aromatic rings. The molecular formula is C22H25N7O5S4. The van der Waals surface area contributed by atoms with Gasteiger partial charge in [0, 0.05) is 35.1 Å². The smallest absolute Gasteiger partial charge is 0.276 e. The van der Waals surface area contributed by atoms with Crippen molar-refractivity contribution in [2.24, 2.45) is 5.16 Å². The van der Waals surface area contributed by atoms with Gasteiger partial charge in [0.1, 0.15) is 29.3 Å². The molecule has 0 aromatic carbocycles. The fraction of sp³-hybridized carbons (Fsp3) is 0.455. The summed E-state index contributed by atoms with van der Waals surface area (Å²) in [4.78, 5) is 47.5. The van der Waals surface area contributed by atoms with E-state index in [1.54, 1.807) is 0 Å². The fourth-order valence-electron chi connectivity index (χ4n) is 4.83. The molecule has 16 heteroatoms. The Morgan fingerprint density at radius 2 is 2.08 bits per heavy atom. The number of thiazole rings is 2. The van der Waals surface area contributed by atoms with Crippen LogP contribution in [0.2, 0.25) is 0 Å². The molecule has 38 heavy (non-hydrogen) atoms. The molecule has 3 aliphatic rings. The fourth-order valence-corrected chi connectivity index (χ4v) is 8.69. The SMILES string of the molecule is C[N+]1(Cc2csc(SCC3=C(C(=O)[O-])N4C(=O)[C@@H](NC(=O)/C(=N\O)c5csc(N)n5)C4SC3)n2)CCCC1. The van der Waals surface area contributed by atoms with Crippen LogP contribution in [0.1, 0.15) is 24.2 Å². The number of thioether (sulfide) groups is 2. The van der Waals surface area contributed by atoms with Gasteiger partial charge in [-0.2, -0.15) is 0 Å². The van der Waals surface area contributed by atoms with Crippen LogP contribution in [0.5, 0.6) is 0 Å². The number of amides is 2. The molecule has 2 saturated heterocycles. The monoisotopic (exact) mass is 595 g/mol. The summed E-state index contributed by atoms with van der Waals surface area (Å²) >= 11 is 5.40. The van der Waals surface area contributed by atoms with Gasteiger partial charge < -0.3 is 30.6 Å². The van der Waals surface area contributed by atoms with Gasteiger partial charge in [-0.1, -0.05) is 16.9 Å². The average Bonchev–Trinajstić information content (AvgIpc) is 3.63. The molecule has 0 radical (unpaired) electrons. The number of quaternary nitrogens is 1. The predicted molar refractivity (Wildman–Crippen MR) is 144 cm³/mol. The first-order valence-electron chi connectivity index (χ1n) is 11.7. The minimum atomic E-state index is -1.44. The third-order valence-corrected chi connectivity index (χ3v) is 10.9. The number of likely N-dealkylation sites (tertiary alicyclic amines) is 1. The highest BCUT2D eigenvalue weighted by atomic mass is 32.2. The normalized spacial score (nSPS) is 22.8. The van der Waals surface area contributed by atoms with Gasteiger partial charge in [0.15, 0.2) is 15.2 Å². The zero-order chi connectivity index (χ0) is 27.0. The Morgan fingerprint density at radius 1 is 1.32 bits per heavy atom. The van der Waals surface area contributed by atoms with Crippen LogP contribution >= 0.6 is 46.2 Å². The minimum absolute atomic E-state index is 0.0729. The Morgan fingerprint density at radius 3 is 2.74 bits per heavy atom. The predicted octanol–water partition coefficient (Wildman–Crippen LogP) is 0.297. The number of β-lactam (4-membered cyclic amide) rings is 1. The number of fused-ring (bicyclic) bond motifs is 1. The summed E-state index contributed by atoms with van der Waals surface area (Å²) in [5, 5.41) is 30.0. The molecule has 2 amide bonds. The second kappa shape index (κ2) is 10.8. The van der Waals surface area contributed by atoms with Gasteiger partial charge in [0.25, 0.3) is 11.8 Å². The van der Waals surface area contributed by atoms with Crippen molar-refractivity contribution in [3.05, 3.63) is 33.4 Å². The lowest BCUT2D eigenvalue weighted by atomic mass is 10.0. The number of aliphatic carboxylic acids is 1. The number of carbonyl (C=O) groups excluding carboxylic acids is 3.